The molecule has 1 aliphatic rings. The highest BCUT2D eigenvalue weighted by Gasteiger charge is 2.21. The molecule has 3 N–H and O–H groups in total. The molecule has 0 aliphatic carbocycles. The lowest BCUT2D eigenvalue weighted by Crippen LogP contribution is -2.23. The van der Waals surface area contributed by atoms with Gasteiger partial charge in [-0.15, -0.1) is 0 Å². The van der Waals surface area contributed by atoms with Gasteiger partial charge < -0.3 is 25.4 Å². The highest BCUT2D eigenvalue weighted by molar-refractivity contribution is 7.90. The summed E-state index contributed by atoms with van der Waals surface area (Å²) >= 11 is 0. The number of hydrogen-bond donors (Lipinski definition) is 2. The fourth-order valence-corrected chi connectivity index (χ4v) is 3.62. The van der Waals surface area contributed by atoms with Crippen LogP contribution in [0, 0.1) is 0 Å². The molecule has 0 bridgehead atoms. The topological polar surface area (TPSA) is 106 Å². The molecule has 0 fully saturated rings. The van der Waals surface area contributed by atoms with E-state index in [2.05, 4.69) is 16.9 Å². The zero-order valence-electron chi connectivity index (χ0n) is 17.5. The minimum atomic E-state index is -3.28. The minimum absolute atomic E-state index is 0.243. The lowest BCUT2D eigenvalue weighted by atomic mass is 10.2. The molecular weight excluding hydrogens is 416 g/mol. The van der Waals surface area contributed by atoms with E-state index in [0.29, 0.717) is 28.7 Å². The minimum Gasteiger partial charge on any atom is -0.493 e. The normalized spacial score (nSPS) is 16.0. The second kappa shape index (κ2) is 8.97. The van der Waals surface area contributed by atoms with E-state index in [4.69, 9.17) is 15.2 Å². The summed E-state index contributed by atoms with van der Waals surface area (Å²) in [6, 6.07) is 11.9. The van der Waals surface area contributed by atoms with Crippen molar-refractivity contribution in [1.29, 1.82) is 0 Å². The van der Waals surface area contributed by atoms with Crippen LogP contribution >= 0.6 is 0 Å². The van der Waals surface area contributed by atoms with Crippen molar-refractivity contribution < 1.29 is 17.9 Å². The molecule has 0 aromatic heterocycles. The number of rotatable bonds is 7. The van der Waals surface area contributed by atoms with Crippen LogP contribution in [0.5, 0.6) is 11.5 Å². The second-order valence-electron chi connectivity index (χ2n) is 6.65. The van der Waals surface area contributed by atoms with Crippen LogP contribution in [0.2, 0.25) is 0 Å². The fraction of sp³-hybridized carbons (Fsp3) is 0.136. The Morgan fingerprint density at radius 1 is 1.13 bits per heavy atom. The molecule has 2 aromatic carbocycles. The maximum atomic E-state index is 11.7. The number of nitrogens with two attached hydrogens (primary N) is 1. The molecule has 0 spiro atoms. The van der Waals surface area contributed by atoms with Crippen LogP contribution in [0.25, 0.3) is 0 Å². The van der Waals surface area contributed by atoms with Crippen LogP contribution in [0.1, 0.15) is 0 Å². The molecule has 0 atom stereocenters. The lowest BCUT2D eigenvalue weighted by Gasteiger charge is -2.19. The summed E-state index contributed by atoms with van der Waals surface area (Å²) in [4.78, 5) is 6.63. The van der Waals surface area contributed by atoms with E-state index in [-0.39, 0.29) is 4.90 Å². The number of methoxy groups -OCH3 is 2. The van der Waals surface area contributed by atoms with E-state index >= 15 is 0 Å². The summed E-state index contributed by atoms with van der Waals surface area (Å²) in [5.74, 6) is 2.11. The first-order chi connectivity index (χ1) is 14.8. The summed E-state index contributed by atoms with van der Waals surface area (Å²) < 4.78 is 34.0. The number of ether oxygens (including phenoxy) is 2. The molecule has 0 saturated carbocycles. The quantitative estimate of drug-likeness (QED) is 0.681. The Morgan fingerprint density at radius 3 is 2.39 bits per heavy atom. The van der Waals surface area contributed by atoms with Gasteiger partial charge in [0.1, 0.15) is 11.7 Å². The van der Waals surface area contributed by atoms with Gasteiger partial charge in [0.25, 0.3) is 0 Å². The van der Waals surface area contributed by atoms with Crippen molar-refractivity contribution in [1.82, 2.24) is 0 Å². The molecule has 1 heterocycles. The third-order valence-electron chi connectivity index (χ3n) is 4.53. The van der Waals surface area contributed by atoms with Crippen LogP contribution < -0.4 is 25.4 Å². The van der Waals surface area contributed by atoms with Crippen LogP contribution in [-0.2, 0) is 9.84 Å². The van der Waals surface area contributed by atoms with E-state index in [9.17, 15) is 8.42 Å². The third kappa shape index (κ3) is 4.89. The maximum Gasteiger partial charge on any atom is 0.175 e. The van der Waals surface area contributed by atoms with Gasteiger partial charge in [-0.1, -0.05) is 6.58 Å². The molecule has 3 rings (SSSR count). The van der Waals surface area contributed by atoms with Gasteiger partial charge in [-0.3, -0.25) is 0 Å². The predicted molar refractivity (Wildman–Crippen MR) is 123 cm³/mol. The zero-order valence-corrected chi connectivity index (χ0v) is 18.3. The molecule has 31 heavy (non-hydrogen) atoms. The summed E-state index contributed by atoms with van der Waals surface area (Å²) in [5.41, 5.74) is 7.92. The van der Waals surface area contributed by atoms with Gasteiger partial charge in [0, 0.05) is 41.7 Å². The first kappa shape index (κ1) is 22.0. The van der Waals surface area contributed by atoms with Gasteiger partial charge in [-0.05, 0) is 42.5 Å². The number of sulfone groups is 1. The van der Waals surface area contributed by atoms with E-state index in [1.165, 1.54) is 12.5 Å². The van der Waals surface area contributed by atoms with Gasteiger partial charge in [0.15, 0.2) is 21.3 Å². The van der Waals surface area contributed by atoms with Gasteiger partial charge in [0.05, 0.1) is 19.1 Å². The molecule has 0 saturated heterocycles. The first-order valence-electron chi connectivity index (χ1n) is 9.23. The monoisotopic (exact) mass is 440 g/mol. The van der Waals surface area contributed by atoms with Gasteiger partial charge in [0.2, 0.25) is 0 Å². The number of anilines is 2. The highest BCUT2D eigenvalue weighted by Crippen LogP contribution is 2.31. The number of hydrogen-bond acceptors (Lipinski definition) is 7. The van der Waals surface area contributed by atoms with Crippen molar-refractivity contribution in [3.05, 3.63) is 78.9 Å². The van der Waals surface area contributed by atoms with E-state index in [1.807, 2.05) is 12.1 Å². The average Bonchev–Trinajstić information content (AvgIpc) is 3.15. The standard InChI is InChI=1S/C22H24N4O4S/c1-15(24-17-5-10-20(29-2)21(13-17)30-3)25-22-16(14-23)11-12-26(22)18-6-8-19(9-7-18)31(4,27)28/h5-14,24H,1,23H2,2-4H3/b16-14-,25-22+. The summed E-state index contributed by atoms with van der Waals surface area (Å²) in [5, 5.41) is 3.12. The summed E-state index contributed by atoms with van der Waals surface area (Å²) in [6.07, 6.45) is 6.23. The Hall–Kier alpha value is -3.72. The molecule has 8 nitrogen and oxygen atoms in total. The molecule has 162 valence electrons. The molecule has 0 unspecified atom stereocenters. The number of aliphatic imine (C=N–C) groups is 1. The average molecular weight is 441 g/mol. The Labute approximate surface area is 181 Å². The zero-order chi connectivity index (χ0) is 22.6. The Bertz CT molecular complexity index is 1180. The van der Waals surface area contributed by atoms with Crippen molar-refractivity contribution >= 4 is 27.0 Å². The van der Waals surface area contributed by atoms with Crippen LogP contribution in [0.3, 0.4) is 0 Å². The molecule has 9 heteroatoms. The van der Waals surface area contributed by atoms with Crippen molar-refractivity contribution in [2.75, 3.05) is 30.7 Å². The Kier molecular flexibility index (Phi) is 6.36. The van der Waals surface area contributed by atoms with E-state index < -0.39 is 9.84 Å². The van der Waals surface area contributed by atoms with Crippen molar-refractivity contribution in [2.45, 2.75) is 4.90 Å². The van der Waals surface area contributed by atoms with Crippen LogP contribution in [0.15, 0.2) is 88.8 Å². The van der Waals surface area contributed by atoms with Gasteiger partial charge in [-0.25, -0.2) is 13.4 Å². The lowest BCUT2D eigenvalue weighted by molar-refractivity contribution is 0.355. The summed E-state index contributed by atoms with van der Waals surface area (Å²) in [7, 11) is -0.146. The smallest absolute Gasteiger partial charge is 0.175 e. The molecule has 0 radical (unpaired) electrons. The SMILES string of the molecule is C=C(/N=C1\C(=C/N)C=CN1c1ccc(S(C)(=O)=O)cc1)Nc1ccc(OC)c(OC)c1. The molecular formula is C22H24N4O4S. The largest absolute Gasteiger partial charge is 0.493 e. The Balaban J connectivity index is 1.87. The number of nitrogens with zero attached hydrogens (tertiary/aromatic N) is 2. The summed E-state index contributed by atoms with van der Waals surface area (Å²) in [6.45, 7) is 3.98. The van der Waals surface area contributed by atoms with Crippen molar-refractivity contribution in [3.8, 4) is 11.5 Å². The van der Waals surface area contributed by atoms with E-state index in [1.54, 1.807) is 61.7 Å². The number of benzene rings is 2. The molecule has 0 amide bonds. The van der Waals surface area contributed by atoms with Crippen LogP contribution in [-0.4, -0.2) is 34.7 Å². The van der Waals surface area contributed by atoms with Gasteiger partial charge >= 0.3 is 0 Å². The second-order valence-corrected chi connectivity index (χ2v) is 8.67. The number of amidine groups is 1. The predicted octanol–water partition coefficient (Wildman–Crippen LogP) is 3.27. The maximum absolute atomic E-state index is 11.7. The van der Waals surface area contributed by atoms with Crippen LogP contribution in [0.4, 0.5) is 11.4 Å². The number of nitrogens with one attached hydrogen (secondary N) is 1. The van der Waals surface area contributed by atoms with Crippen molar-refractivity contribution in [3.63, 3.8) is 0 Å². The third-order valence-corrected chi connectivity index (χ3v) is 5.65. The first-order valence-corrected chi connectivity index (χ1v) is 11.1. The molecule has 2 aromatic rings. The fourth-order valence-electron chi connectivity index (χ4n) is 2.99. The van der Waals surface area contributed by atoms with Crippen molar-refractivity contribution in [2.24, 2.45) is 10.7 Å². The highest BCUT2D eigenvalue weighted by atomic mass is 32.2. The molecule has 1 aliphatic heterocycles. The van der Waals surface area contributed by atoms with Gasteiger partial charge in [-0.2, -0.15) is 0 Å². The Morgan fingerprint density at radius 2 is 1.81 bits per heavy atom. The van der Waals surface area contributed by atoms with E-state index in [0.717, 1.165) is 11.4 Å².